The molecule has 11 heteroatoms. The van der Waals surface area contributed by atoms with E-state index >= 15 is 0 Å². The Morgan fingerprint density at radius 3 is 2.52 bits per heavy atom. The fourth-order valence-corrected chi connectivity index (χ4v) is 1.88. The second-order valence-electron chi connectivity index (χ2n) is 4.63. The van der Waals surface area contributed by atoms with Gasteiger partial charge in [0, 0.05) is 18.7 Å². The molecule has 10 nitrogen and oxygen atoms in total. The Morgan fingerprint density at radius 1 is 1.35 bits per heavy atom. The summed E-state index contributed by atoms with van der Waals surface area (Å²) in [5.41, 5.74) is -1.50. The van der Waals surface area contributed by atoms with Crippen molar-refractivity contribution in [3.05, 3.63) is 48.5 Å². The molecule has 0 fully saturated rings. The minimum atomic E-state index is -1.09. The molecule has 23 heavy (non-hydrogen) atoms. The van der Waals surface area contributed by atoms with Crippen molar-refractivity contribution in [2.45, 2.75) is 19.5 Å². The molecule has 2 aromatic rings. The SMILES string of the molecule is Br.C[C@@H](NCc1cc([N+](=O)[O-])cc2[nH]c(=O)c(=O)[nH]c12)C(=O)O. The van der Waals surface area contributed by atoms with Gasteiger partial charge in [-0.05, 0) is 12.5 Å². The van der Waals surface area contributed by atoms with Crippen LogP contribution in [0.2, 0.25) is 0 Å². The number of hydrogen-bond acceptors (Lipinski definition) is 6. The van der Waals surface area contributed by atoms with Gasteiger partial charge in [-0.15, -0.1) is 17.0 Å². The molecule has 2 rings (SSSR count). The zero-order chi connectivity index (χ0) is 16.4. The number of aromatic amines is 2. The van der Waals surface area contributed by atoms with Crippen molar-refractivity contribution in [1.82, 2.24) is 15.3 Å². The van der Waals surface area contributed by atoms with Crippen molar-refractivity contribution in [2.75, 3.05) is 0 Å². The average molecular weight is 389 g/mol. The number of non-ortho nitro benzene ring substituents is 1. The van der Waals surface area contributed by atoms with Crippen LogP contribution in [-0.4, -0.2) is 32.0 Å². The number of hydrogen-bond donors (Lipinski definition) is 4. The number of benzene rings is 1. The summed E-state index contributed by atoms with van der Waals surface area (Å²) in [6.07, 6.45) is 0. The Balaban J connectivity index is 0.00000264. The van der Waals surface area contributed by atoms with E-state index in [0.717, 1.165) is 6.07 Å². The van der Waals surface area contributed by atoms with Crippen LogP contribution in [0.25, 0.3) is 11.0 Å². The lowest BCUT2D eigenvalue weighted by Crippen LogP contribution is -2.34. The Hall–Kier alpha value is -2.53. The second-order valence-corrected chi connectivity index (χ2v) is 4.63. The van der Waals surface area contributed by atoms with Crippen LogP contribution in [0.5, 0.6) is 0 Å². The smallest absolute Gasteiger partial charge is 0.320 e. The van der Waals surface area contributed by atoms with Crippen molar-refractivity contribution in [3.63, 3.8) is 0 Å². The van der Waals surface area contributed by atoms with Gasteiger partial charge in [-0.3, -0.25) is 24.5 Å². The van der Waals surface area contributed by atoms with E-state index in [-0.39, 0.29) is 40.2 Å². The molecule has 0 amide bonds. The number of fused-ring (bicyclic) bond motifs is 1. The fraction of sp³-hybridized carbons (Fsp3) is 0.250. The highest BCUT2D eigenvalue weighted by atomic mass is 79.9. The maximum absolute atomic E-state index is 11.4. The van der Waals surface area contributed by atoms with Crippen LogP contribution in [0.4, 0.5) is 5.69 Å². The van der Waals surface area contributed by atoms with Crippen LogP contribution in [0.3, 0.4) is 0 Å². The molecule has 0 aliphatic heterocycles. The number of carboxylic acid groups (broad SMARTS) is 1. The Labute approximate surface area is 138 Å². The van der Waals surface area contributed by atoms with Crippen LogP contribution < -0.4 is 16.4 Å². The molecule has 0 aliphatic rings. The van der Waals surface area contributed by atoms with Gasteiger partial charge in [0.15, 0.2) is 0 Å². The number of nitrogens with zero attached hydrogens (tertiary/aromatic N) is 1. The van der Waals surface area contributed by atoms with Crippen molar-refractivity contribution in [2.24, 2.45) is 0 Å². The zero-order valence-electron chi connectivity index (χ0n) is 11.8. The number of nitrogens with one attached hydrogen (secondary N) is 3. The van der Waals surface area contributed by atoms with Gasteiger partial charge in [-0.1, -0.05) is 0 Å². The Bertz CT molecular complexity index is 874. The second kappa shape index (κ2) is 7.15. The first-order valence-corrected chi connectivity index (χ1v) is 6.19. The number of aromatic nitrogens is 2. The maximum Gasteiger partial charge on any atom is 0.320 e. The molecule has 1 aromatic heterocycles. The van der Waals surface area contributed by atoms with Crippen molar-refractivity contribution in [1.29, 1.82) is 0 Å². The predicted molar refractivity (Wildman–Crippen MR) is 86.1 cm³/mol. The van der Waals surface area contributed by atoms with E-state index in [1.807, 2.05) is 0 Å². The van der Waals surface area contributed by atoms with Crippen LogP contribution in [0, 0.1) is 10.1 Å². The highest BCUT2D eigenvalue weighted by Gasteiger charge is 2.16. The van der Waals surface area contributed by atoms with Crippen LogP contribution in [0.15, 0.2) is 21.7 Å². The molecule has 4 N–H and O–H groups in total. The van der Waals surface area contributed by atoms with Gasteiger partial charge in [0.05, 0.1) is 16.0 Å². The molecule has 1 atom stereocenters. The van der Waals surface area contributed by atoms with E-state index in [1.165, 1.54) is 13.0 Å². The summed E-state index contributed by atoms with van der Waals surface area (Å²) >= 11 is 0. The molecule has 0 bridgehead atoms. The highest BCUT2D eigenvalue weighted by Crippen LogP contribution is 2.21. The molecule has 0 spiro atoms. The third-order valence-corrected chi connectivity index (χ3v) is 3.08. The van der Waals surface area contributed by atoms with Gasteiger partial charge in [0.25, 0.3) is 5.69 Å². The Morgan fingerprint density at radius 2 is 1.96 bits per heavy atom. The van der Waals surface area contributed by atoms with E-state index in [0.29, 0.717) is 5.56 Å². The first-order valence-electron chi connectivity index (χ1n) is 6.19. The van der Waals surface area contributed by atoms with Gasteiger partial charge in [0.1, 0.15) is 6.04 Å². The largest absolute Gasteiger partial charge is 0.480 e. The van der Waals surface area contributed by atoms with Gasteiger partial charge >= 0.3 is 17.1 Å². The average Bonchev–Trinajstić information content (AvgIpc) is 2.45. The zero-order valence-corrected chi connectivity index (χ0v) is 13.5. The lowest BCUT2D eigenvalue weighted by Gasteiger charge is -2.11. The highest BCUT2D eigenvalue weighted by molar-refractivity contribution is 8.93. The van der Waals surface area contributed by atoms with E-state index in [2.05, 4.69) is 15.3 Å². The van der Waals surface area contributed by atoms with E-state index in [9.17, 15) is 24.5 Å². The minimum Gasteiger partial charge on any atom is -0.480 e. The lowest BCUT2D eigenvalue weighted by atomic mass is 10.1. The van der Waals surface area contributed by atoms with Gasteiger partial charge in [-0.25, -0.2) is 0 Å². The summed E-state index contributed by atoms with van der Waals surface area (Å²) in [5, 5.41) is 22.4. The first kappa shape index (κ1) is 18.5. The summed E-state index contributed by atoms with van der Waals surface area (Å²) in [7, 11) is 0. The van der Waals surface area contributed by atoms with Gasteiger partial charge in [-0.2, -0.15) is 0 Å². The van der Waals surface area contributed by atoms with Crippen molar-refractivity contribution >= 4 is 39.7 Å². The summed E-state index contributed by atoms with van der Waals surface area (Å²) < 4.78 is 0. The maximum atomic E-state index is 11.4. The molecule has 0 unspecified atom stereocenters. The molecule has 0 saturated heterocycles. The normalized spacial score (nSPS) is 11.7. The number of nitro benzene ring substituents is 1. The number of carbonyl (C=O) groups is 1. The third-order valence-electron chi connectivity index (χ3n) is 3.08. The van der Waals surface area contributed by atoms with E-state index < -0.39 is 28.1 Å². The summed E-state index contributed by atoms with van der Waals surface area (Å²) in [6.45, 7) is 1.38. The summed E-state index contributed by atoms with van der Waals surface area (Å²) in [6, 6.07) is 1.44. The summed E-state index contributed by atoms with van der Waals surface area (Å²) in [4.78, 5) is 48.4. The number of nitro groups is 1. The quantitative estimate of drug-likeness (QED) is 0.324. The topological polar surface area (TPSA) is 158 Å². The minimum absolute atomic E-state index is 0. The first-order chi connectivity index (χ1) is 10.3. The van der Waals surface area contributed by atoms with Crippen molar-refractivity contribution < 1.29 is 14.8 Å². The molecular formula is C12H13BrN4O6. The molecule has 124 valence electrons. The molecule has 0 aliphatic carbocycles. The van der Waals surface area contributed by atoms with Crippen LogP contribution in [0.1, 0.15) is 12.5 Å². The third kappa shape index (κ3) is 4.02. The van der Waals surface area contributed by atoms with Crippen molar-refractivity contribution in [3.8, 4) is 0 Å². The van der Waals surface area contributed by atoms with E-state index in [1.54, 1.807) is 0 Å². The Kier molecular flexibility index (Phi) is 5.76. The van der Waals surface area contributed by atoms with Gasteiger partial charge in [0.2, 0.25) is 0 Å². The molecule has 0 radical (unpaired) electrons. The number of H-pyrrole nitrogens is 2. The molecule has 1 aromatic carbocycles. The van der Waals surface area contributed by atoms with Crippen LogP contribution >= 0.6 is 17.0 Å². The summed E-state index contributed by atoms with van der Waals surface area (Å²) in [5.74, 6) is -1.09. The molecular weight excluding hydrogens is 376 g/mol. The number of carboxylic acids is 1. The molecule has 1 heterocycles. The number of aliphatic carboxylic acids is 1. The monoisotopic (exact) mass is 388 g/mol. The van der Waals surface area contributed by atoms with Gasteiger partial charge < -0.3 is 20.4 Å². The van der Waals surface area contributed by atoms with E-state index in [4.69, 9.17) is 5.11 Å². The number of rotatable bonds is 5. The fourth-order valence-electron chi connectivity index (χ4n) is 1.88. The number of halogens is 1. The van der Waals surface area contributed by atoms with Crippen LogP contribution in [-0.2, 0) is 11.3 Å². The lowest BCUT2D eigenvalue weighted by molar-refractivity contribution is -0.384. The standard InChI is InChI=1S/C12H12N4O6.BrH/c1-5(12(19)20)13-4-6-2-7(16(21)22)3-8-9(6)15-11(18)10(17)14-8;/h2-3,5,13H,4H2,1H3,(H,14,17)(H,15,18)(H,19,20);1H/t5-;/m1./s1. The molecule has 0 saturated carbocycles. The predicted octanol–water partition coefficient (Wildman–Crippen LogP) is 0.265.